The lowest BCUT2D eigenvalue weighted by molar-refractivity contribution is 1.12. The molecule has 2 aromatic rings. The van der Waals surface area contributed by atoms with Crippen LogP contribution in [0.2, 0.25) is 0 Å². The number of hydrogen-bond acceptors (Lipinski definition) is 2. The van der Waals surface area contributed by atoms with E-state index in [1.807, 2.05) is 18.3 Å². The van der Waals surface area contributed by atoms with E-state index in [1.165, 1.54) is 10.9 Å². The fourth-order valence-corrected chi connectivity index (χ4v) is 1.48. The number of fused-ring (bicyclic) bond motifs is 1. The Morgan fingerprint density at radius 2 is 2.42 bits per heavy atom. The van der Waals surface area contributed by atoms with E-state index in [0.717, 1.165) is 11.9 Å². The molecule has 1 aromatic heterocycles. The Kier molecular flexibility index (Phi) is 1.87. The second-order valence-electron chi connectivity index (χ2n) is 2.62. The lowest BCUT2D eigenvalue weighted by atomic mass is 10.1. The van der Waals surface area contributed by atoms with Crippen molar-refractivity contribution < 1.29 is 0 Å². The summed E-state index contributed by atoms with van der Waals surface area (Å²) in [6.45, 7) is 0. The topological polar surface area (TPSA) is 28.7 Å². The van der Waals surface area contributed by atoms with Crippen LogP contribution in [0.4, 0.5) is 0 Å². The molecule has 0 amide bonds. The largest absolute Gasteiger partial charge is 0.278 e. The van der Waals surface area contributed by atoms with Gasteiger partial charge in [0, 0.05) is 11.8 Å². The van der Waals surface area contributed by atoms with Crippen molar-refractivity contribution in [3.8, 4) is 0 Å². The third-order valence-corrected chi connectivity index (χ3v) is 2.04. The summed E-state index contributed by atoms with van der Waals surface area (Å²) in [5, 5.41) is 9.79. The van der Waals surface area contributed by atoms with Gasteiger partial charge in [-0.05, 0) is 17.0 Å². The van der Waals surface area contributed by atoms with E-state index in [0.29, 0.717) is 0 Å². The first kappa shape index (κ1) is 7.43. The summed E-state index contributed by atoms with van der Waals surface area (Å²) in [4.78, 5) is 0. The van der Waals surface area contributed by atoms with Crippen molar-refractivity contribution in [2.75, 3.05) is 0 Å². The van der Waals surface area contributed by atoms with Crippen molar-refractivity contribution in [1.29, 1.82) is 0 Å². The predicted molar refractivity (Wildman–Crippen MR) is 53.5 cm³/mol. The molecule has 0 fully saturated rings. The zero-order valence-electron chi connectivity index (χ0n) is 6.45. The molecule has 1 heterocycles. The second-order valence-corrected chi connectivity index (χ2v) is 2.95. The van der Waals surface area contributed by atoms with Crippen molar-refractivity contribution in [3.63, 3.8) is 0 Å². The molecule has 12 heavy (non-hydrogen) atoms. The highest BCUT2D eigenvalue weighted by Crippen LogP contribution is 2.15. The molecule has 3 heteroatoms. The summed E-state index contributed by atoms with van der Waals surface area (Å²) in [5.41, 5.74) is 2.31. The Balaban J connectivity index is 2.65. The first-order chi connectivity index (χ1) is 5.92. The Labute approximate surface area is 75.6 Å². The van der Waals surface area contributed by atoms with Crippen LogP contribution in [-0.4, -0.2) is 15.6 Å². The molecule has 0 bridgehead atoms. The number of nitrogens with zero attached hydrogens (tertiary/aromatic N) is 1. The fourth-order valence-electron chi connectivity index (χ4n) is 1.30. The molecule has 0 radical (unpaired) electrons. The van der Waals surface area contributed by atoms with Crippen molar-refractivity contribution >= 4 is 28.5 Å². The highest BCUT2D eigenvalue weighted by molar-refractivity contribution is 7.79. The number of H-pyrrole nitrogens is 1. The van der Waals surface area contributed by atoms with Gasteiger partial charge in [0.25, 0.3) is 0 Å². The number of nitrogens with one attached hydrogen (secondary N) is 1. The third kappa shape index (κ3) is 1.12. The summed E-state index contributed by atoms with van der Waals surface area (Å²) < 4.78 is 0. The summed E-state index contributed by atoms with van der Waals surface area (Å²) in [7, 11) is 0. The fraction of sp³-hybridized carbons (Fsp3) is 0.111. The molecule has 0 unspecified atom stereocenters. The van der Waals surface area contributed by atoms with Crippen LogP contribution in [-0.2, 0) is 6.42 Å². The van der Waals surface area contributed by atoms with Gasteiger partial charge in [-0.1, -0.05) is 24.4 Å². The van der Waals surface area contributed by atoms with Gasteiger partial charge in [0.15, 0.2) is 0 Å². The van der Waals surface area contributed by atoms with E-state index in [-0.39, 0.29) is 0 Å². The summed E-state index contributed by atoms with van der Waals surface area (Å²) in [6.07, 6.45) is 2.66. The number of hydrogen-bond donors (Lipinski definition) is 1. The average Bonchev–Trinajstić information content (AvgIpc) is 2.53. The Morgan fingerprint density at radius 3 is 3.25 bits per heavy atom. The molecule has 0 saturated heterocycles. The molecule has 2 nitrogen and oxygen atoms in total. The van der Waals surface area contributed by atoms with Crippen LogP contribution in [0.25, 0.3) is 10.9 Å². The van der Waals surface area contributed by atoms with Crippen LogP contribution in [0, 0.1) is 0 Å². The van der Waals surface area contributed by atoms with Gasteiger partial charge >= 0.3 is 0 Å². The normalized spacial score (nSPS) is 10.3. The maximum absolute atomic E-state index is 4.82. The van der Waals surface area contributed by atoms with Crippen molar-refractivity contribution in [1.82, 2.24) is 10.2 Å². The highest BCUT2D eigenvalue weighted by Gasteiger charge is 1.99. The van der Waals surface area contributed by atoms with E-state index in [4.69, 9.17) is 12.2 Å². The van der Waals surface area contributed by atoms with Crippen LogP contribution < -0.4 is 0 Å². The minimum absolute atomic E-state index is 0.826. The second kappa shape index (κ2) is 3.03. The van der Waals surface area contributed by atoms with Crippen LogP contribution >= 0.6 is 12.2 Å². The van der Waals surface area contributed by atoms with Gasteiger partial charge < -0.3 is 0 Å². The minimum atomic E-state index is 0.826. The molecule has 0 aliphatic carbocycles. The monoisotopic (exact) mass is 176 g/mol. The first-order valence-corrected chi connectivity index (χ1v) is 4.23. The summed E-state index contributed by atoms with van der Waals surface area (Å²) >= 11 is 4.82. The number of rotatable bonds is 2. The smallest absolute Gasteiger partial charge is 0.0653 e. The third-order valence-electron chi connectivity index (χ3n) is 1.88. The molecule has 0 aliphatic heterocycles. The van der Waals surface area contributed by atoms with Crippen molar-refractivity contribution in [2.45, 2.75) is 6.42 Å². The van der Waals surface area contributed by atoms with E-state index in [9.17, 15) is 0 Å². The lowest BCUT2D eigenvalue weighted by Crippen LogP contribution is -1.84. The number of aromatic amines is 1. The predicted octanol–water partition coefficient (Wildman–Crippen LogP) is 2.11. The van der Waals surface area contributed by atoms with Crippen LogP contribution in [0.3, 0.4) is 0 Å². The molecule has 60 valence electrons. The Morgan fingerprint density at radius 1 is 1.50 bits per heavy atom. The van der Waals surface area contributed by atoms with Gasteiger partial charge in [0.05, 0.1) is 11.7 Å². The van der Waals surface area contributed by atoms with Gasteiger partial charge in [-0.3, -0.25) is 5.10 Å². The molecular weight excluding hydrogens is 168 g/mol. The zero-order valence-corrected chi connectivity index (χ0v) is 7.27. The maximum atomic E-state index is 4.82. The quantitative estimate of drug-likeness (QED) is 0.710. The van der Waals surface area contributed by atoms with Crippen molar-refractivity contribution in [3.05, 3.63) is 30.0 Å². The number of aromatic nitrogens is 2. The molecular formula is C9H8N2S. The first-order valence-electron chi connectivity index (χ1n) is 3.76. The SMILES string of the molecule is S=CCc1cccc2[nH]ncc12. The van der Waals surface area contributed by atoms with E-state index in [1.54, 1.807) is 5.37 Å². The van der Waals surface area contributed by atoms with Crippen molar-refractivity contribution in [2.24, 2.45) is 0 Å². The molecule has 1 aromatic carbocycles. The van der Waals surface area contributed by atoms with E-state index >= 15 is 0 Å². The maximum Gasteiger partial charge on any atom is 0.0653 e. The summed E-state index contributed by atoms with van der Waals surface area (Å²) in [5.74, 6) is 0. The highest BCUT2D eigenvalue weighted by atomic mass is 32.1. The number of benzene rings is 1. The Hall–Kier alpha value is -1.22. The molecule has 1 N–H and O–H groups in total. The molecule has 0 aliphatic rings. The zero-order chi connectivity index (χ0) is 8.39. The summed E-state index contributed by atoms with van der Waals surface area (Å²) in [6, 6.07) is 6.09. The standard InChI is InChI=1S/C9H8N2S/c12-5-4-7-2-1-3-9-8(7)6-10-11-9/h1-3,5-6H,4H2,(H,10,11). The van der Waals surface area contributed by atoms with E-state index < -0.39 is 0 Å². The van der Waals surface area contributed by atoms with Crippen LogP contribution in [0.1, 0.15) is 5.56 Å². The van der Waals surface area contributed by atoms with Gasteiger partial charge in [-0.15, -0.1) is 0 Å². The van der Waals surface area contributed by atoms with Crippen LogP contribution in [0.5, 0.6) is 0 Å². The number of thiocarbonyl (C=S) groups is 1. The van der Waals surface area contributed by atoms with Gasteiger partial charge in [-0.2, -0.15) is 5.10 Å². The molecule has 2 rings (SSSR count). The molecule has 0 spiro atoms. The Bertz CT molecular complexity index is 406. The van der Waals surface area contributed by atoms with Gasteiger partial charge in [0.2, 0.25) is 0 Å². The molecule has 0 saturated carbocycles. The molecule has 0 atom stereocenters. The van der Waals surface area contributed by atoms with E-state index in [2.05, 4.69) is 16.3 Å². The van der Waals surface area contributed by atoms with Crippen LogP contribution in [0.15, 0.2) is 24.4 Å². The average molecular weight is 176 g/mol. The lowest BCUT2D eigenvalue weighted by Gasteiger charge is -1.96. The minimum Gasteiger partial charge on any atom is -0.278 e. The van der Waals surface area contributed by atoms with Gasteiger partial charge in [0.1, 0.15) is 0 Å². The van der Waals surface area contributed by atoms with Gasteiger partial charge in [-0.25, -0.2) is 0 Å².